The summed E-state index contributed by atoms with van der Waals surface area (Å²) in [6.07, 6.45) is 3.65. The quantitative estimate of drug-likeness (QED) is 0.115. The first-order chi connectivity index (χ1) is 22.4. The number of hydrogen-bond acceptors (Lipinski definition) is 1. The molecule has 2 atom stereocenters. The zero-order valence-electron chi connectivity index (χ0n) is 29.5. The van der Waals surface area contributed by atoms with Crippen LogP contribution in [0.1, 0.15) is 105 Å². The van der Waals surface area contributed by atoms with Crippen LogP contribution in [0.25, 0.3) is 0 Å². The summed E-state index contributed by atoms with van der Waals surface area (Å²) in [5.74, 6) is 1.05. The van der Waals surface area contributed by atoms with Gasteiger partial charge in [0.15, 0.2) is 0 Å². The molecule has 0 bridgehead atoms. The van der Waals surface area contributed by atoms with Crippen molar-refractivity contribution in [1.82, 2.24) is 0 Å². The Kier molecular flexibility index (Phi) is 14.0. The summed E-state index contributed by atoms with van der Waals surface area (Å²) in [6, 6.07) is 35.0. The molecule has 2 aliphatic rings. The number of hydrogen-bond donors (Lipinski definition) is 1. The Morgan fingerprint density at radius 3 is 2.06 bits per heavy atom. The van der Waals surface area contributed by atoms with E-state index in [4.69, 9.17) is 19.4 Å². The van der Waals surface area contributed by atoms with Crippen LogP contribution in [0.4, 0.5) is 5.69 Å². The van der Waals surface area contributed by atoms with Crippen LogP contribution in [-0.2, 0) is 38.4 Å². The third kappa shape index (κ3) is 9.21. The molecule has 1 N–H and O–H groups in total. The van der Waals surface area contributed by atoms with Crippen LogP contribution in [0.15, 0.2) is 97.1 Å². The van der Waals surface area contributed by atoms with E-state index in [1.165, 1.54) is 57.7 Å². The number of benzene rings is 4. The fraction of sp³-hybridized carbons (Fsp3) is 0.381. The zero-order valence-corrected chi connectivity index (χ0v) is 34.9. The summed E-state index contributed by atoms with van der Waals surface area (Å²) in [7, 11) is 14.2. The fourth-order valence-corrected chi connectivity index (χ4v) is 9.61. The van der Waals surface area contributed by atoms with Gasteiger partial charge in [0.25, 0.3) is 0 Å². The number of nitrogens with zero attached hydrogens (tertiary/aromatic N) is 1. The van der Waals surface area contributed by atoms with Gasteiger partial charge in [0, 0.05) is 11.2 Å². The molecule has 1 saturated heterocycles. The van der Waals surface area contributed by atoms with Crippen molar-refractivity contribution in [3.63, 3.8) is 0 Å². The maximum Gasteiger partial charge on any atom is -1.00 e. The van der Waals surface area contributed by atoms with E-state index >= 15 is 0 Å². The molecule has 260 valence electrons. The molecule has 1 spiro atoms. The summed E-state index contributed by atoms with van der Waals surface area (Å²) in [5, 5.41) is 0. The third-order valence-corrected chi connectivity index (χ3v) is 11.7. The predicted molar refractivity (Wildman–Crippen MR) is 201 cm³/mol. The standard InChI is InChI=1S/C26H34N.C16H17N.2ClH.HI.Ru/c1-18(2)21-11-9-12-22(19(3)4)24(21)27-17-26(16-25(27,5)6)15-14-20-10-7-8-13-23(20)26;1-14-8-6-7-11-16(14)13-17(2)12-15-9-4-3-5-10-15;;;;/h7-13,17-19H,14-16H2,1-6H3;1,3-11H,12-13H2,2H3;3*1H;/q-1;;;;;+2/p-2. The van der Waals surface area contributed by atoms with Crippen molar-refractivity contribution in [2.24, 2.45) is 0 Å². The van der Waals surface area contributed by atoms with Gasteiger partial charge in [-0.2, -0.15) is 0 Å². The molecule has 4 aromatic rings. The maximum absolute atomic E-state index is 6.00. The maximum atomic E-state index is 6.00. The second kappa shape index (κ2) is 17.1. The van der Waals surface area contributed by atoms with E-state index in [9.17, 15) is 0 Å². The van der Waals surface area contributed by atoms with Crippen LogP contribution < -0.4 is 33.8 Å². The van der Waals surface area contributed by atoms with Crippen LogP contribution in [0.2, 0.25) is 0 Å². The molecule has 2 nitrogen and oxygen atoms in total. The Morgan fingerprint density at radius 2 is 1.42 bits per heavy atom. The first kappa shape index (κ1) is 39.2. The normalized spacial score (nSPS) is 18.6. The van der Waals surface area contributed by atoms with Crippen molar-refractivity contribution in [2.45, 2.75) is 96.7 Å². The van der Waals surface area contributed by atoms with Gasteiger partial charge in [0.05, 0.1) is 0 Å². The van der Waals surface area contributed by atoms with Crippen LogP contribution in [0, 0.1) is 6.54 Å². The molecule has 1 fully saturated rings. The number of quaternary nitrogens is 1. The van der Waals surface area contributed by atoms with Gasteiger partial charge >= 0.3 is 134 Å². The molecule has 4 aromatic carbocycles. The summed E-state index contributed by atoms with van der Waals surface area (Å²) < 4.78 is 2.03. The van der Waals surface area contributed by atoms with E-state index in [2.05, 4.69) is 151 Å². The van der Waals surface area contributed by atoms with Gasteiger partial charge in [-0.05, 0) is 55.2 Å². The van der Waals surface area contributed by atoms with Crippen molar-refractivity contribution in [3.05, 3.63) is 143 Å². The van der Waals surface area contributed by atoms with E-state index in [0.717, 1.165) is 13.1 Å². The number of nitrogens with one attached hydrogen (secondary N) is 1. The number of rotatable bonds is 8. The summed E-state index contributed by atoms with van der Waals surface area (Å²) >= 11 is -1.77. The second-order valence-electron chi connectivity index (χ2n) is 14.7. The van der Waals surface area contributed by atoms with Crippen molar-refractivity contribution in [1.29, 1.82) is 0 Å². The molecular formula is C42H52Cl2IN2Ru-. The molecule has 1 heterocycles. The first-order valence-corrected chi connectivity index (χ1v) is 22.5. The van der Waals surface area contributed by atoms with Crippen molar-refractivity contribution in [3.8, 4) is 0 Å². The molecule has 1 aliphatic heterocycles. The van der Waals surface area contributed by atoms with E-state index in [0.29, 0.717) is 11.8 Å². The van der Waals surface area contributed by atoms with Crippen LogP contribution in [0.3, 0.4) is 0 Å². The fourth-order valence-electron chi connectivity index (χ4n) is 7.73. The van der Waals surface area contributed by atoms with Crippen LogP contribution >= 0.6 is 19.4 Å². The van der Waals surface area contributed by atoms with Gasteiger partial charge in [0.2, 0.25) is 0 Å². The number of anilines is 1. The van der Waals surface area contributed by atoms with Gasteiger partial charge in [0.1, 0.15) is 0 Å². The van der Waals surface area contributed by atoms with Gasteiger partial charge in [-0.3, -0.25) is 0 Å². The van der Waals surface area contributed by atoms with Crippen molar-refractivity contribution < 1.29 is 42.4 Å². The monoisotopic (exact) mass is 883 g/mol. The average Bonchev–Trinajstić information content (AvgIpc) is 3.52. The van der Waals surface area contributed by atoms with Crippen LogP contribution in [0.5, 0.6) is 0 Å². The Bertz CT molecular complexity index is 1660. The predicted octanol–water partition coefficient (Wildman–Crippen LogP) is 6.95. The third-order valence-electron chi connectivity index (χ3n) is 9.84. The number of aryl methyl sites for hydroxylation is 1. The Labute approximate surface area is 320 Å². The van der Waals surface area contributed by atoms with E-state index in [1.54, 1.807) is 11.1 Å². The van der Waals surface area contributed by atoms with E-state index in [-0.39, 0.29) is 34.9 Å². The Morgan fingerprint density at radius 1 is 0.812 bits per heavy atom. The van der Waals surface area contributed by atoms with Crippen molar-refractivity contribution in [2.75, 3.05) is 11.9 Å². The number of halogens is 3. The number of para-hydroxylation sites is 1. The van der Waals surface area contributed by atoms with Gasteiger partial charge in [-0.25, -0.2) is 6.54 Å². The smallest absolute Gasteiger partial charge is 1.00 e. The molecule has 6 heteroatoms. The minimum atomic E-state index is -1.77. The zero-order chi connectivity index (χ0) is 33.8. The Balaban J connectivity index is 0.000000222. The molecule has 48 heavy (non-hydrogen) atoms. The molecule has 6 rings (SSSR count). The van der Waals surface area contributed by atoms with Gasteiger partial charge in [-0.15, -0.1) is 5.41 Å². The minimum absolute atomic E-state index is 0. The minimum Gasteiger partial charge on any atom is -1.00 e. The Hall–Kier alpha value is -1.56. The van der Waals surface area contributed by atoms with E-state index in [1.807, 2.05) is 10.7 Å². The molecule has 2 unspecified atom stereocenters. The van der Waals surface area contributed by atoms with Crippen LogP contribution in [-0.4, -0.2) is 17.2 Å². The summed E-state index contributed by atoms with van der Waals surface area (Å²) in [6.45, 7) is 18.8. The number of fused-ring (bicyclic) bond motifs is 2. The molecule has 0 saturated carbocycles. The topological polar surface area (TPSA) is 7.68 Å². The second-order valence-corrected chi connectivity index (χ2v) is 20.4. The SMILES string of the molecule is CC(C)c1cccc(C(C)C)c1N1[CH-]C2(CCc3ccccc32)CC1(C)C.C[NH+](Cc1ccccc1)Cc1ccccc1[CH]=[Ru]([Cl])[Cl].[I-]. The van der Waals surface area contributed by atoms with Gasteiger partial charge < -0.3 is 28.9 Å². The summed E-state index contributed by atoms with van der Waals surface area (Å²) in [5.41, 5.74) is 11.7. The van der Waals surface area contributed by atoms with Gasteiger partial charge in [-0.1, -0.05) is 82.1 Å². The molecular weight excluding hydrogens is 831 g/mol. The van der Waals surface area contributed by atoms with Crippen molar-refractivity contribution >= 4 is 29.7 Å². The molecule has 0 aromatic heterocycles. The average molecular weight is 884 g/mol. The molecule has 0 amide bonds. The first-order valence-electron chi connectivity index (χ1n) is 17.0. The molecule has 0 radical (unpaired) electrons. The largest absolute Gasteiger partial charge is 1.00 e. The summed E-state index contributed by atoms with van der Waals surface area (Å²) in [4.78, 5) is 4.10. The molecule has 1 aliphatic carbocycles. The van der Waals surface area contributed by atoms with E-state index < -0.39 is 13.5 Å².